The molecule has 1 fully saturated rings. The molecular weight excluding hydrogens is 362 g/mol. The van der Waals surface area contributed by atoms with Crippen LogP contribution in [0.25, 0.3) is 0 Å². The highest BCUT2D eigenvalue weighted by Crippen LogP contribution is 2.37. The van der Waals surface area contributed by atoms with E-state index >= 15 is 0 Å². The van der Waals surface area contributed by atoms with Gasteiger partial charge in [0.25, 0.3) is 0 Å². The molecule has 5 heteroatoms. The first kappa shape index (κ1) is 19.6. The van der Waals surface area contributed by atoms with Crippen LogP contribution in [-0.2, 0) is 16.4 Å². The SMILES string of the molecule is Cc1ccc([C@H]2CCCCCN2S(=O)(=O)c2ccc(CC(C)C)cc2)s1. The Morgan fingerprint density at radius 1 is 1.08 bits per heavy atom. The first-order chi connectivity index (χ1) is 12.4. The van der Waals surface area contributed by atoms with E-state index in [1.165, 1.54) is 15.3 Å². The first-order valence-electron chi connectivity index (χ1n) is 9.55. The van der Waals surface area contributed by atoms with Crippen LogP contribution in [-0.4, -0.2) is 19.3 Å². The third-order valence-corrected chi connectivity index (χ3v) is 7.99. The van der Waals surface area contributed by atoms with Crippen molar-refractivity contribution in [2.24, 2.45) is 5.92 Å². The van der Waals surface area contributed by atoms with Crippen LogP contribution in [0.4, 0.5) is 0 Å². The van der Waals surface area contributed by atoms with Gasteiger partial charge in [-0.3, -0.25) is 0 Å². The van der Waals surface area contributed by atoms with Crippen LogP contribution in [0, 0.1) is 12.8 Å². The molecule has 1 aromatic heterocycles. The lowest BCUT2D eigenvalue weighted by molar-refractivity contribution is 0.333. The van der Waals surface area contributed by atoms with Crippen molar-refractivity contribution in [2.45, 2.75) is 63.8 Å². The summed E-state index contributed by atoms with van der Waals surface area (Å²) in [6, 6.07) is 11.7. The van der Waals surface area contributed by atoms with Crippen LogP contribution in [0.2, 0.25) is 0 Å². The van der Waals surface area contributed by atoms with Crippen LogP contribution < -0.4 is 0 Å². The van der Waals surface area contributed by atoms with E-state index in [0.29, 0.717) is 17.4 Å². The average molecular weight is 392 g/mol. The molecule has 0 radical (unpaired) electrons. The van der Waals surface area contributed by atoms with Gasteiger partial charge in [-0.05, 0) is 61.9 Å². The zero-order chi connectivity index (χ0) is 18.7. The summed E-state index contributed by atoms with van der Waals surface area (Å²) in [6.07, 6.45) is 5.00. The molecule has 1 saturated heterocycles. The second-order valence-corrected chi connectivity index (χ2v) is 10.9. The number of rotatable bonds is 5. The summed E-state index contributed by atoms with van der Waals surface area (Å²) in [7, 11) is -3.48. The van der Waals surface area contributed by atoms with Crippen molar-refractivity contribution in [3.8, 4) is 0 Å². The minimum atomic E-state index is -3.48. The molecule has 2 heterocycles. The number of thiophene rings is 1. The van der Waals surface area contributed by atoms with E-state index in [-0.39, 0.29) is 6.04 Å². The molecule has 0 amide bonds. The normalized spacial score (nSPS) is 19.6. The standard InChI is InChI=1S/C21H29NO2S2/c1-16(2)15-18-9-11-19(12-10-18)26(23,24)22-14-6-4-5-7-20(22)21-13-8-17(3)25-21/h8-13,16,20H,4-7,14-15H2,1-3H3/t20-/m1/s1. The highest BCUT2D eigenvalue weighted by molar-refractivity contribution is 7.89. The lowest BCUT2D eigenvalue weighted by Gasteiger charge is -2.28. The predicted octanol–water partition coefficient (Wildman–Crippen LogP) is 5.56. The molecule has 0 unspecified atom stereocenters. The largest absolute Gasteiger partial charge is 0.243 e. The van der Waals surface area contributed by atoms with E-state index in [1.807, 2.05) is 12.1 Å². The fraction of sp³-hybridized carbons (Fsp3) is 0.524. The Bertz CT molecular complexity index is 822. The van der Waals surface area contributed by atoms with Crippen molar-refractivity contribution < 1.29 is 8.42 Å². The van der Waals surface area contributed by atoms with Crippen molar-refractivity contribution in [2.75, 3.05) is 6.54 Å². The van der Waals surface area contributed by atoms with Crippen molar-refractivity contribution in [3.05, 3.63) is 51.7 Å². The molecule has 142 valence electrons. The molecule has 26 heavy (non-hydrogen) atoms. The first-order valence-corrected chi connectivity index (χ1v) is 11.8. The summed E-state index contributed by atoms with van der Waals surface area (Å²) >= 11 is 1.72. The van der Waals surface area contributed by atoms with Gasteiger partial charge in [0.05, 0.1) is 10.9 Å². The minimum absolute atomic E-state index is 0.0310. The maximum absolute atomic E-state index is 13.4. The van der Waals surface area contributed by atoms with Crippen molar-refractivity contribution in [3.63, 3.8) is 0 Å². The Balaban J connectivity index is 1.91. The van der Waals surface area contributed by atoms with E-state index in [1.54, 1.807) is 27.8 Å². The molecule has 0 saturated carbocycles. The number of nitrogens with zero attached hydrogens (tertiary/aromatic N) is 1. The van der Waals surface area contributed by atoms with E-state index in [0.717, 1.165) is 32.1 Å². The zero-order valence-corrected chi connectivity index (χ0v) is 17.6. The van der Waals surface area contributed by atoms with Gasteiger partial charge in [0, 0.05) is 16.3 Å². The van der Waals surface area contributed by atoms with Gasteiger partial charge in [0.15, 0.2) is 0 Å². The second kappa shape index (κ2) is 8.24. The topological polar surface area (TPSA) is 37.4 Å². The molecule has 1 aliphatic rings. The minimum Gasteiger partial charge on any atom is -0.207 e. The number of hydrogen-bond acceptors (Lipinski definition) is 3. The van der Waals surface area contributed by atoms with Gasteiger partial charge >= 0.3 is 0 Å². The van der Waals surface area contributed by atoms with Crippen molar-refractivity contribution in [1.82, 2.24) is 4.31 Å². The van der Waals surface area contributed by atoms with E-state index in [9.17, 15) is 8.42 Å². The Labute approximate surface area is 162 Å². The molecule has 1 atom stereocenters. The number of benzene rings is 1. The van der Waals surface area contributed by atoms with Gasteiger partial charge in [0.2, 0.25) is 10.0 Å². The van der Waals surface area contributed by atoms with Crippen molar-refractivity contribution >= 4 is 21.4 Å². The Morgan fingerprint density at radius 3 is 2.42 bits per heavy atom. The van der Waals surface area contributed by atoms with Crippen LogP contribution in [0.1, 0.15) is 60.9 Å². The lowest BCUT2D eigenvalue weighted by atomic mass is 10.0. The highest BCUT2D eigenvalue weighted by atomic mass is 32.2. The van der Waals surface area contributed by atoms with Gasteiger partial charge in [0.1, 0.15) is 0 Å². The van der Waals surface area contributed by atoms with Crippen LogP contribution in [0.15, 0.2) is 41.3 Å². The average Bonchev–Trinajstić information content (AvgIpc) is 2.87. The molecule has 3 nitrogen and oxygen atoms in total. The van der Waals surface area contributed by atoms with Gasteiger partial charge in [-0.25, -0.2) is 8.42 Å². The summed E-state index contributed by atoms with van der Waals surface area (Å²) in [5, 5.41) is 0. The molecule has 0 aliphatic carbocycles. The maximum Gasteiger partial charge on any atom is 0.243 e. The molecule has 2 aromatic rings. The zero-order valence-electron chi connectivity index (χ0n) is 15.9. The summed E-state index contributed by atoms with van der Waals surface area (Å²) < 4.78 is 28.5. The molecule has 0 N–H and O–H groups in total. The Morgan fingerprint density at radius 2 is 1.81 bits per heavy atom. The molecule has 0 bridgehead atoms. The number of hydrogen-bond donors (Lipinski definition) is 0. The highest BCUT2D eigenvalue weighted by Gasteiger charge is 2.34. The fourth-order valence-electron chi connectivity index (χ4n) is 3.69. The van der Waals surface area contributed by atoms with Gasteiger partial charge in [-0.1, -0.05) is 38.8 Å². The van der Waals surface area contributed by atoms with E-state index in [4.69, 9.17) is 0 Å². The Hall–Kier alpha value is -1.17. The van der Waals surface area contributed by atoms with Gasteiger partial charge < -0.3 is 0 Å². The summed E-state index contributed by atoms with van der Waals surface area (Å²) in [5.41, 5.74) is 1.19. The summed E-state index contributed by atoms with van der Waals surface area (Å²) in [5.74, 6) is 0.564. The van der Waals surface area contributed by atoms with Crippen molar-refractivity contribution in [1.29, 1.82) is 0 Å². The van der Waals surface area contributed by atoms with Crippen LogP contribution in [0.3, 0.4) is 0 Å². The molecule has 1 aromatic carbocycles. The lowest BCUT2D eigenvalue weighted by Crippen LogP contribution is -2.34. The molecule has 0 spiro atoms. The number of sulfonamides is 1. The van der Waals surface area contributed by atoms with Crippen LogP contribution >= 0.6 is 11.3 Å². The third kappa shape index (κ3) is 4.38. The Kier molecular flexibility index (Phi) is 6.21. The smallest absolute Gasteiger partial charge is 0.207 e. The maximum atomic E-state index is 13.4. The summed E-state index contributed by atoms with van der Waals surface area (Å²) in [4.78, 5) is 2.83. The third-order valence-electron chi connectivity index (χ3n) is 4.97. The molecule has 1 aliphatic heterocycles. The van der Waals surface area contributed by atoms with Gasteiger partial charge in [-0.15, -0.1) is 11.3 Å². The van der Waals surface area contributed by atoms with E-state index < -0.39 is 10.0 Å². The van der Waals surface area contributed by atoms with E-state index in [2.05, 4.69) is 32.9 Å². The molecule has 3 rings (SSSR count). The van der Waals surface area contributed by atoms with Gasteiger partial charge in [-0.2, -0.15) is 4.31 Å². The quantitative estimate of drug-likeness (QED) is 0.669. The van der Waals surface area contributed by atoms with Crippen LogP contribution in [0.5, 0.6) is 0 Å². The summed E-state index contributed by atoms with van der Waals surface area (Å²) in [6.45, 7) is 7.04. The number of aryl methyl sites for hydroxylation is 1. The molecular formula is C21H29NO2S2. The monoisotopic (exact) mass is 391 g/mol. The fourth-order valence-corrected chi connectivity index (χ4v) is 6.46. The predicted molar refractivity (Wildman–Crippen MR) is 109 cm³/mol. The second-order valence-electron chi connectivity index (χ2n) is 7.67.